The summed E-state index contributed by atoms with van der Waals surface area (Å²) < 4.78 is 83.4. The van der Waals surface area contributed by atoms with Crippen LogP contribution in [0.25, 0.3) is 16.9 Å². The van der Waals surface area contributed by atoms with Crippen LogP contribution >= 0.6 is 0 Å². The van der Waals surface area contributed by atoms with E-state index >= 15 is 0 Å². The SMILES string of the molecule is C=CC(=O)N1CCC(c2nc(-c3ccc(C(=O)Nc4cc(C(F)(F)F)ccn4)cc3C(F)(F)F)n3c(N)nccc23)C1. The van der Waals surface area contributed by atoms with Gasteiger partial charge in [-0.1, -0.05) is 6.58 Å². The van der Waals surface area contributed by atoms with E-state index in [0.29, 0.717) is 42.4 Å². The third kappa shape index (κ3) is 5.36. The molecule has 9 nitrogen and oxygen atoms in total. The normalized spacial score (nSPS) is 15.7. The summed E-state index contributed by atoms with van der Waals surface area (Å²) in [7, 11) is 0. The van der Waals surface area contributed by atoms with E-state index in [1.54, 1.807) is 11.0 Å². The molecule has 1 atom stereocenters. The molecular weight excluding hydrogens is 568 g/mol. The van der Waals surface area contributed by atoms with Gasteiger partial charge in [0.15, 0.2) is 0 Å². The maximum atomic E-state index is 14.4. The summed E-state index contributed by atoms with van der Waals surface area (Å²) in [4.78, 5) is 38.6. The Bertz CT molecular complexity index is 1710. The van der Waals surface area contributed by atoms with E-state index in [0.717, 1.165) is 18.3 Å². The molecule has 5 rings (SSSR count). The number of nitrogen functional groups attached to an aromatic ring is 1. The molecule has 0 bridgehead atoms. The Kier molecular flexibility index (Phi) is 7.12. The van der Waals surface area contributed by atoms with Crippen LogP contribution in [0.1, 0.15) is 39.5 Å². The molecule has 1 aromatic carbocycles. The standard InChI is InChI=1S/C27H21F6N7O2/c1-2-21(41)39-10-7-15(13-39)22-19-6-9-36-25(34)40(19)23(38-22)17-4-3-14(11-18(17)27(31,32)33)24(42)37-20-12-16(5-8-35-20)26(28,29)30/h2-6,8-9,11-12,15H,1,7,10,13H2,(H2,34,36)(H,35,37,42). The number of fused-ring (bicyclic) bond motifs is 1. The number of hydrogen-bond donors (Lipinski definition) is 2. The van der Waals surface area contributed by atoms with Gasteiger partial charge in [0.05, 0.1) is 22.3 Å². The highest BCUT2D eigenvalue weighted by Crippen LogP contribution is 2.40. The molecule has 218 valence electrons. The highest BCUT2D eigenvalue weighted by atomic mass is 19.4. The Morgan fingerprint density at radius 3 is 2.45 bits per heavy atom. The first-order chi connectivity index (χ1) is 19.8. The van der Waals surface area contributed by atoms with E-state index in [4.69, 9.17) is 5.73 Å². The molecule has 1 unspecified atom stereocenters. The number of imidazole rings is 1. The van der Waals surface area contributed by atoms with Crippen LogP contribution in [0.2, 0.25) is 0 Å². The second-order valence-corrected chi connectivity index (χ2v) is 9.46. The molecule has 1 aliphatic rings. The van der Waals surface area contributed by atoms with Crippen molar-refractivity contribution >= 4 is 29.1 Å². The van der Waals surface area contributed by atoms with Crippen LogP contribution in [-0.4, -0.2) is 49.2 Å². The zero-order chi connectivity index (χ0) is 30.4. The van der Waals surface area contributed by atoms with E-state index in [1.807, 2.05) is 0 Å². The van der Waals surface area contributed by atoms with Crippen LogP contribution in [0.5, 0.6) is 0 Å². The van der Waals surface area contributed by atoms with Gasteiger partial charge in [-0.25, -0.2) is 15.0 Å². The van der Waals surface area contributed by atoms with Crippen molar-refractivity contribution in [3.05, 3.63) is 83.8 Å². The van der Waals surface area contributed by atoms with Crippen molar-refractivity contribution in [2.45, 2.75) is 24.7 Å². The largest absolute Gasteiger partial charge is 0.417 e. The maximum Gasteiger partial charge on any atom is 0.417 e. The first-order valence-electron chi connectivity index (χ1n) is 12.4. The Morgan fingerprint density at radius 1 is 1.02 bits per heavy atom. The number of pyridine rings is 1. The molecule has 0 aliphatic carbocycles. The second-order valence-electron chi connectivity index (χ2n) is 9.46. The van der Waals surface area contributed by atoms with Crippen molar-refractivity contribution in [1.82, 2.24) is 24.3 Å². The Morgan fingerprint density at radius 2 is 1.76 bits per heavy atom. The molecular formula is C27H21F6N7O2. The van der Waals surface area contributed by atoms with Gasteiger partial charge in [-0.3, -0.25) is 14.0 Å². The number of alkyl halides is 6. The van der Waals surface area contributed by atoms with Crippen LogP contribution in [-0.2, 0) is 17.1 Å². The summed E-state index contributed by atoms with van der Waals surface area (Å²) in [5, 5.41) is 2.10. The minimum atomic E-state index is -4.97. The van der Waals surface area contributed by atoms with Gasteiger partial charge in [0.25, 0.3) is 5.91 Å². The fraction of sp³-hybridized carbons (Fsp3) is 0.222. The first-order valence-corrected chi connectivity index (χ1v) is 12.4. The highest BCUT2D eigenvalue weighted by Gasteiger charge is 2.37. The van der Waals surface area contributed by atoms with Gasteiger partial charge in [0.1, 0.15) is 11.6 Å². The molecule has 42 heavy (non-hydrogen) atoms. The van der Waals surface area contributed by atoms with Gasteiger partial charge >= 0.3 is 12.4 Å². The lowest BCUT2D eigenvalue weighted by atomic mass is 10.0. The third-order valence-corrected chi connectivity index (χ3v) is 6.83. The number of anilines is 2. The number of carbonyl (C=O) groups is 2. The Hall–Kier alpha value is -4.95. The van der Waals surface area contributed by atoms with E-state index in [1.165, 1.54) is 16.7 Å². The number of nitrogens with zero attached hydrogens (tertiary/aromatic N) is 5. The lowest BCUT2D eigenvalue weighted by molar-refractivity contribution is -0.138. The van der Waals surface area contributed by atoms with Gasteiger partial charge in [-0.05, 0) is 48.9 Å². The molecule has 0 saturated carbocycles. The Labute approximate surface area is 233 Å². The fourth-order valence-corrected chi connectivity index (χ4v) is 4.86. The number of likely N-dealkylation sites (tertiary alicyclic amines) is 1. The first kappa shape index (κ1) is 28.6. The average molecular weight is 589 g/mol. The summed E-state index contributed by atoms with van der Waals surface area (Å²) in [6.45, 7) is 4.16. The van der Waals surface area contributed by atoms with E-state index in [9.17, 15) is 35.9 Å². The minimum absolute atomic E-state index is 0.135. The lowest BCUT2D eigenvalue weighted by Gasteiger charge is -2.15. The van der Waals surface area contributed by atoms with Gasteiger partial charge in [0, 0.05) is 42.5 Å². The lowest BCUT2D eigenvalue weighted by Crippen LogP contribution is -2.26. The monoisotopic (exact) mass is 589 g/mol. The molecule has 1 aliphatic heterocycles. The van der Waals surface area contributed by atoms with Crippen LogP contribution < -0.4 is 11.1 Å². The number of benzene rings is 1. The summed E-state index contributed by atoms with van der Waals surface area (Å²) in [6.07, 6.45) is -5.79. The Balaban J connectivity index is 1.56. The van der Waals surface area contributed by atoms with Crippen molar-refractivity contribution in [3.8, 4) is 11.4 Å². The molecule has 15 heteroatoms. The third-order valence-electron chi connectivity index (χ3n) is 6.83. The van der Waals surface area contributed by atoms with Crippen molar-refractivity contribution < 1.29 is 35.9 Å². The van der Waals surface area contributed by atoms with E-state index in [-0.39, 0.29) is 30.1 Å². The highest BCUT2D eigenvalue weighted by molar-refractivity contribution is 6.04. The predicted octanol–water partition coefficient (Wildman–Crippen LogP) is 5.17. The van der Waals surface area contributed by atoms with Crippen LogP contribution in [0, 0.1) is 0 Å². The number of aromatic nitrogens is 4. The summed E-state index contributed by atoms with van der Waals surface area (Å²) in [5.41, 5.74) is 3.68. The van der Waals surface area contributed by atoms with Crippen molar-refractivity contribution in [1.29, 1.82) is 0 Å². The number of amides is 2. The van der Waals surface area contributed by atoms with E-state index in [2.05, 4.69) is 26.8 Å². The zero-order valence-corrected chi connectivity index (χ0v) is 21.5. The summed E-state index contributed by atoms with van der Waals surface area (Å²) in [5.74, 6) is -2.50. The van der Waals surface area contributed by atoms with Crippen molar-refractivity contribution in [3.63, 3.8) is 0 Å². The van der Waals surface area contributed by atoms with Crippen LogP contribution in [0.3, 0.4) is 0 Å². The molecule has 2 amide bonds. The zero-order valence-electron chi connectivity index (χ0n) is 21.5. The fourth-order valence-electron chi connectivity index (χ4n) is 4.86. The van der Waals surface area contributed by atoms with Gasteiger partial charge in [-0.2, -0.15) is 26.3 Å². The quantitative estimate of drug-likeness (QED) is 0.245. The number of nitrogens with two attached hydrogens (primary N) is 1. The summed E-state index contributed by atoms with van der Waals surface area (Å²) in [6, 6.07) is 5.50. The second kappa shape index (κ2) is 10.5. The van der Waals surface area contributed by atoms with Crippen LogP contribution in [0.4, 0.5) is 38.1 Å². The molecule has 0 radical (unpaired) electrons. The van der Waals surface area contributed by atoms with Gasteiger partial charge in [0.2, 0.25) is 11.9 Å². The number of nitrogens with one attached hydrogen (secondary N) is 1. The number of hydrogen-bond acceptors (Lipinski definition) is 6. The summed E-state index contributed by atoms with van der Waals surface area (Å²) >= 11 is 0. The van der Waals surface area contributed by atoms with Crippen molar-refractivity contribution in [2.24, 2.45) is 0 Å². The maximum absolute atomic E-state index is 14.4. The predicted molar refractivity (Wildman–Crippen MR) is 139 cm³/mol. The smallest absolute Gasteiger partial charge is 0.369 e. The number of halogens is 6. The number of rotatable bonds is 5. The number of carbonyl (C=O) groups excluding carboxylic acids is 2. The molecule has 1 fully saturated rings. The molecule has 4 heterocycles. The molecule has 3 aromatic heterocycles. The van der Waals surface area contributed by atoms with E-state index < -0.39 is 46.3 Å². The van der Waals surface area contributed by atoms with Crippen LogP contribution in [0.15, 0.2) is 61.4 Å². The molecule has 0 spiro atoms. The topological polar surface area (TPSA) is 119 Å². The molecule has 1 saturated heterocycles. The average Bonchev–Trinajstić information content (AvgIpc) is 3.57. The molecule has 4 aromatic rings. The van der Waals surface area contributed by atoms with Gasteiger partial charge < -0.3 is 16.0 Å². The molecule has 3 N–H and O–H groups in total. The van der Waals surface area contributed by atoms with Gasteiger partial charge in [-0.15, -0.1) is 0 Å². The minimum Gasteiger partial charge on any atom is -0.369 e. The van der Waals surface area contributed by atoms with Crippen molar-refractivity contribution in [2.75, 3.05) is 24.1 Å².